The molecule has 0 radical (unpaired) electrons. The number of benzene rings is 15. The lowest BCUT2D eigenvalue weighted by Crippen LogP contribution is -2.11. The molecule has 8 heteroatoms. The number of rotatable bonds is 12. The van der Waals surface area contributed by atoms with Gasteiger partial charge in [-0.2, -0.15) is 0 Å². The van der Waals surface area contributed by atoms with Crippen LogP contribution in [-0.4, -0.2) is 29.1 Å². The van der Waals surface area contributed by atoms with E-state index in [-0.39, 0.29) is 0 Å². The van der Waals surface area contributed by atoms with Crippen molar-refractivity contribution in [1.82, 2.24) is 29.1 Å². The third kappa shape index (κ3) is 9.91. The van der Waals surface area contributed by atoms with E-state index >= 15 is 0 Å². The predicted molar refractivity (Wildman–Crippen MR) is 425 cm³/mol. The van der Waals surface area contributed by atoms with E-state index < -0.39 is 0 Å². The van der Waals surface area contributed by atoms with Crippen molar-refractivity contribution in [2.24, 2.45) is 0 Å². The lowest BCUT2D eigenvalue weighted by atomic mass is 9.99. The Labute approximate surface area is 587 Å². The molecule has 0 spiro atoms. The normalized spacial score (nSPS) is 11.7. The van der Waals surface area contributed by atoms with Crippen molar-refractivity contribution in [2.45, 2.75) is 0 Å². The number of para-hydroxylation sites is 6. The van der Waals surface area contributed by atoms with Crippen molar-refractivity contribution >= 4 is 132 Å². The van der Waals surface area contributed by atoms with Crippen LogP contribution in [0.3, 0.4) is 0 Å². The first-order valence-corrected chi connectivity index (χ1v) is 34.6. The van der Waals surface area contributed by atoms with Crippen LogP contribution in [-0.2, 0) is 0 Å². The molecule has 102 heavy (non-hydrogen) atoms. The molecule has 5 aromatic heterocycles. The number of anilines is 6. The van der Waals surface area contributed by atoms with Crippen LogP contribution in [0.1, 0.15) is 0 Å². The Bertz CT molecular complexity index is 6280. The van der Waals surface area contributed by atoms with Gasteiger partial charge >= 0.3 is 0 Å². The van der Waals surface area contributed by atoms with Gasteiger partial charge in [-0.25, -0.2) is 9.97 Å². The lowest BCUT2D eigenvalue weighted by Gasteiger charge is -2.27. The number of hydrogen-bond donors (Lipinski definition) is 0. The molecule has 0 aliphatic carbocycles. The topological polar surface area (TPSA) is 67.9 Å². The summed E-state index contributed by atoms with van der Waals surface area (Å²) in [7, 11) is 0. The molecule has 20 aromatic rings. The molecule has 0 bridgehead atoms. The molecule has 5 heterocycles. The summed E-state index contributed by atoms with van der Waals surface area (Å²) >= 11 is 0. The zero-order valence-corrected chi connectivity index (χ0v) is 55.2. The standard InChI is InChI=1S/C94H60N8/c1-3-17-67-57-69(33-31-61(67)15-1)71-39-53-87-81(59-71)79-23-5-9-27-85(79)101(87)77-49-45-75(46-50-77)99(89-29-11-19-63-21-13-55-95-91(63)89)73-41-35-65(36-42-73)93-94(98-84-26-8-7-25-83(84)97-93)66-37-43-74(44-38-66)100(90-30-12-20-64-22-14-56-96-92(64)90)76-47-51-78(52-48-76)102-86-28-10-6-24-80(86)82-60-72(40-54-88(82)102)70-34-32-62-16-2-4-18-68(62)58-70/h1-60H. The highest BCUT2D eigenvalue weighted by atomic mass is 15.2. The van der Waals surface area contributed by atoms with E-state index in [4.69, 9.17) is 19.9 Å². The molecule has 0 aliphatic heterocycles. The highest BCUT2D eigenvalue weighted by Crippen LogP contribution is 2.45. The molecule has 0 amide bonds. The Balaban J connectivity index is 0.654. The smallest absolute Gasteiger partial charge is 0.0973 e. The summed E-state index contributed by atoms with van der Waals surface area (Å²) in [6.07, 6.45) is 3.75. The molecule has 8 nitrogen and oxygen atoms in total. The number of nitrogens with zero attached hydrogens (tertiary/aromatic N) is 8. The van der Waals surface area contributed by atoms with Gasteiger partial charge in [-0.15, -0.1) is 0 Å². The third-order valence-corrected chi connectivity index (χ3v) is 20.3. The van der Waals surface area contributed by atoms with Crippen molar-refractivity contribution in [3.05, 3.63) is 364 Å². The second kappa shape index (κ2) is 24.0. The molecule has 15 aromatic carbocycles. The first-order valence-electron chi connectivity index (χ1n) is 34.6. The monoisotopic (exact) mass is 1300 g/mol. The summed E-state index contributed by atoms with van der Waals surface area (Å²) < 4.78 is 4.78. The molecular formula is C94H60N8. The van der Waals surface area contributed by atoms with E-state index in [2.05, 4.69) is 334 Å². The zero-order valence-electron chi connectivity index (χ0n) is 55.2. The SMILES string of the molecule is c1ccc2cc(-c3ccc4c(c3)c3ccccc3n4-c3ccc(N(c4ccc(-c5nc6ccccc6nc5-c5ccc(N(c6ccc(-n7c8ccccc8c8cc(-c9ccc%10ccccc%10c9)ccc87)cc6)c6cccc7cccnc67)cc5)cc4)c4cccc5cccnc45)cc3)ccc2c1. The van der Waals surface area contributed by atoms with E-state index in [1.807, 2.05) is 48.8 Å². The van der Waals surface area contributed by atoms with E-state index in [0.717, 1.165) is 123 Å². The molecule has 0 saturated carbocycles. The lowest BCUT2D eigenvalue weighted by molar-refractivity contribution is 1.17. The van der Waals surface area contributed by atoms with Crippen LogP contribution in [0.15, 0.2) is 364 Å². The van der Waals surface area contributed by atoms with Crippen LogP contribution in [0.4, 0.5) is 34.1 Å². The van der Waals surface area contributed by atoms with Crippen LogP contribution in [0.5, 0.6) is 0 Å². The Kier molecular flexibility index (Phi) is 13.7. The van der Waals surface area contributed by atoms with Gasteiger partial charge in [-0.05, 0) is 202 Å². The van der Waals surface area contributed by atoms with Crippen LogP contribution in [0, 0.1) is 0 Å². The van der Waals surface area contributed by atoms with Crippen molar-refractivity contribution in [3.8, 4) is 56.1 Å². The second-order valence-electron chi connectivity index (χ2n) is 26.2. The van der Waals surface area contributed by atoms with Gasteiger partial charge < -0.3 is 18.9 Å². The fraction of sp³-hybridized carbons (Fsp3) is 0. The van der Waals surface area contributed by atoms with Gasteiger partial charge in [-0.1, -0.05) is 194 Å². The maximum atomic E-state index is 5.43. The summed E-state index contributed by atoms with van der Waals surface area (Å²) in [5.74, 6) is 0. The number of fused-ring (bicyclic) bond motifs is 11. The van der Waals surface area contributed by atoms with Crippen LogP contribution < -0.4 is 9.80 Å². The van der Waals surface area contributed by atoms with E-state index in [1.54, 1.807) is 0 Å². The zero-order chi connectivity index (χ0) is 67.2. The number of aromatic nitrogens is 6. The van der Waals surface area contributed by atoms with Gasteiger partial charge in [0, 0.05) is 90.0 Å². The van der Waals surface area contributed by atoms with Gasteiger partial charge in [0.25, 0.3) is 0 Å². The molecule has 0 N–H and O–H groups in total. The molecule has 20 rings (SSSR count). The van der Waals surface area contributed by atoms with Crippen molar-refractivity contribution < 1.29 is 0 Å². The summed E-state index contributed by atoms with van der Waals surface area (Å²) in [5.41, 5.74) is 24.3. The molecule has 0 fully saturated rings. The minimum Gasteiger partial charge on any atom is -0.309 e. The average molecular weight is 1300 g/mol. The van der Waals surface area contributed by atoms with Gasteiger partial charge in [0.15, 0.2) is 0 Å². The Hall–Kier alpha value is -13.8. The minimum absolute atomic E-state index is 0.784. The third-order valence-electron chi connectivity index (χ3n) is 20.3. The van der Waals surface area contributed by atoms with Crippen LogP contribution in [0.2, 0.25) is 0 Å². The largest absolute Gasteiger partial charge is 0.309 e. The number of pyridine rings is 2. The molecule has 0 unspecified atom stereocenters. The highest BCUT2D eigenvalue weighted by Gasteiger charge is 2.23. The Morgan fingerprint density at radius 3 is 1.00 bits per heavy atom. The maximum absolute atomic E-state index is 5.43. The van der Waals surface area contributed by atoms with Crippen LogP contribution in [0.25, 0.3) is 154 Å². The molecule has 0 saturated heterocycles. The van der Waals surface area contributed by atoms with Crippen molar-refractivity contribution in [3.63, 3.8) is 0 Å². The number of hydrogen-bond acceptors (Lipinski definition) is 6. The quantitative estimate of drug-likeness (QED) is 0.121. The summed E-state index contributed by atoms with van der Waals surface area (Å²) in [6.45, 7) is 0. The van der Waals surface area contributed by atoms with Gasteiger partial charge in [0.1, 0.15) is 0 Å². The van der Waals surface area contributed by atoms with E-state index in [1.165, 1.54) is 65.3 Å². The summed E-state index contributed by atoms with van der Waals surface area (Å²) in [5, 5.41) is 11.9. The first kappa shape index (κ1) is 58.3. The Morgan fingerprint density at radius 1 is 0.225 bits per heavy atom. The Morgan fingerprint density at radius 2 is 0.559 bits per heavy atom. The first-order chi connectivity index (χ1) is 50.5. The fourth-order valence-corrected chi connectivity index (χ4v) is 15.4. The van der Waals surface area contributed by atoms with Crippen molar-refractivity contribution in [2.75, 3.05) is 9.80 Å². The van der Waals surface area contributed by atoms with Gasteiger partial charge in [0.2, 0.25) is 0 Å². The van der Waals surface area contributed by atoms with Gasteiger partial charge in [0.05, 0.1) is 66.9 Å². The maximum Gasteiger partial charge on any atom is 0.0973 e. The molecular weight excluding hydrogens is 1240 g/mol. The predicted octanol–water partition coefficient (Wildman–Crippen LogP) is 24.8. The summed E-state index contributed by atoms with van der Waals surface area (Å²) in [4.78, 5) is 25.5. The molecule has 0 aliphatic rings. The van der Waals surface area contributed by atoms with Crippen molar-refractivity contribution in [1.29, 1.82) is 0 Å². The van der Waals surface area contributed by atoms with E-state index in [0.29, 0.717) is 0 Å². The molecule has 0 atom stereocenters. The highest BCUT2D eigenvalue weighted by molar-refractivity contribution is 6.12. The average Bonchev–Trinajstić information content (AvgIpc) is 1.53. The van der Waals surface area contributed by atoms with Gasteiger partial charge in [-0.3, -0.25) is 9.97 Å². The second-order valence-corrected chi connectivity index (χ2v) is 26.2. The van der Waals surface area contributed by atoms with Crippen LogP contribution >= 0.6 is 0 Å². The molecule has 476 valence electrons. The van der Waals surface area contributed by atoms with E-state index in [9.17, 15) is 0 Å². The fourth-order valence-electron chi connectivity index (χ4n) is 15.4. The summed E-state index contributed by atoms with van der Waals surface area (Å²) in [6, 6.07) is 126. The minimum atomic E-state index is 0.784.